The number of sulfonamides is 1. The van der Waals surface area contributed by atoms with Crippen molar-refractivity contribution in [3.8, 4) is 0 Å². The lowest BCUT2D eigenvalue weighted by molar-refractivity contribution is 0.0730. The Balaban J connectivity index is 0.00000342. The molecule has 1 saturated heterocycles. The molecule has 0 bridgehead atoms. The number of carbonyl (C=O) groups excluding carboxylic acids is 1. The van der Waals surface area contributed by atoms with E-state index in [2.05, 4.69) is 12.1 Å². The number of amides is 1. The zero-order valence-corrected chi connectivity index (χ0v) is 22.8. The summed E-state index contributed by atoms with van der Waals surface area (Å²) in [6.07, 6.45) is 0. The number of rotatable bonds is 7. The SMILES string of the molecule is Cc1cc(C)c2nc(N(CCN(C)C)C(=O)c3ccc(S(=O)(=O)N4CCOCC4)cc3)sc2c1.Cl. The molecule has 0 atom stereocenters. The fraction of sp³-hybridized carbons (Fsp3) is 0.417. The van der Waals surface area contributed by atoms with Crippen LogP contribution in [0.15, 0.2) is 41.3 Å². The van der Waals surface area contributed by atoms with Gasteiger partial charge < -0.3 is 9.64 Å². The van der Waals surface area contributed by atoms with Crippen molar-refractivity contribution in [3.05, 3.63) is 53.1 Å². The lowest BCUT2D eigenvalue weighted by atomic mass is 10.1. The molecule has 1 fully saturated rings. The topological polar surface area (TPSA) is 83.1 Å². The highest BCUT2D eigenvalue weighted by Crippen LogP contribution is 2.32. The Morgan fingerprint density at radius 1 is 1.09 bits per heavy atom. The van der Waals surface area contributed by atoms with Gasteiger partial charge in [-0.15, -0.1) is 12.4 Å². The van der Waals surface area contributed by atoms with E-state index in [9.17, 15) is 13.2 Å². The van der Waals surface area contributed by atoms with E-state index < -0.39 is 10.0 Å². The van der Waals surface area contributed by atoms with E-state index in [1.807, 2.05) is 32.8 Å². The highest BCUT2D eigenvalue weighted by Gasteiger charge is 2.27. The van der Waals surface area contributed by atoms with Crippen molar-refractivity contribution in [3.63, 3.8) is 0 Å². The number of morpholine rings is 1. The highest BCUT2D eigenvalue weighted by molar-refractivity contribution is 7.89. The second-order valence-corrected chi connectivity index (χ2v) is 11.7. The van der Waals surface area contributed by atoms with Crippen molar-refractivity contribution in [2.45, 2.75) is 18.7 Å². The van der Waals surface area contributed by atoms with Crippen LogP contribution >= 0.6 is 23.7 Å². The lowest BCUT2D eigenvalue weighted by Crippen LogP contribution is -2.40. The van der Waals surface area contributed by atoms with Gasteiger partial charge in [-0.3, -0.25) is 9.69 Å². The maximum Gasteiger partial charge on any atom is 0.260 e. The van der Waals surface area contributed by atoms with Crippen molar-refractivity contribution in [2.24, 2.45) is 0 Å². The number of benzene rings is 2. The fourth-order valence-electron chi connectivity index (χ4n) is 3.92. The summed E-state index contributed by atoms with van der Waals surface area (Å²) in [4.78, 5) is 22.2. The molecule has 4 rings (SSSR count). The summed E-state index contributed by atoms with van der Waals surface area (Å²) in [5.74, 6) is -0.203. The summed E-state index contributed by atoms with van der Waals surface area (Å²) in [5.41, 5.74) is 3.56. The van der Waals surface area contributed by atoms with Gasteiger partial charge in [0.1, 0.15) is 0 Å². The second kappa shape index (κ2) is 11.3. The molecule has 0 spiro atoms. The molecule has 0 aliphatic carbocycles. The molecule has 1 amide bonds. The van der Waals surface area contributed by atoms with Gasteiger partial charge in [0.2, 0.25) is 10.0 Å². The van der Waals surface area contributed by atoms with Crippen molar-refractivity contribution in [2.75, 3.05) is 58.4 Å². The second-order valence-electron chi connectivity index (χ2n) is 8.73. The van der Waals surface area contributed by atoms with Gasteiger partial charge in [-0.2, -0.15) is 4.31 Å². The number of aryl methyl sites for hydroxylation is 2. The van der Waals surface area contributed by atoms with Crippen LogP contribution in [0.5, 0.6) is 0 Å². The number of ether oxygens (including phenoxy) is 1. The first-order valence-corrected chi connectivity index (χ1v) is 13.4. The predicted octanol–water partition coefficient (Wildman–Crippen LogP) is 3.56. The molecule has 0 N–H and O–H groups in total. The van der Waals surface area contributed by atoms with Crippen LogP contribution in [0.4, 0.5) is 5.13 Å². The highest BCUT2D eigenvalue weighted by atomic mass is 35.5. The number of hydrogen-bond acceptors (Lipinski definition) is 7. The molecule has 8 nitrogen and oxygen atoms in total. The molecule has 11 heteroatoms. The predicted molar refractivity (Wildman–Crippen MR) is 143 cm³/mol. The molecule has 1 aromatic heterocycles. The van der Waals surface area contributed by atoms with Crippen LogP contribution < -0.4 is 4.90 Å². The fourth-order valence-corrected chi connectivity index (χ4v) is 6.49. The number of fused-ring (bicyclic) bond motifs is 1. The molecule has 190 valence electrons. The van der Waals surface area contributed by atoms with E-state index in [4.69, 9.17) is 9.72 Å². The van der Waals surface area contributed by atoms with Crippen LogP contribution in [0.3, 0.4) is 0 Å². The average Bonchev–Trinajstić information content (AvgIpc) is 3.23. The van der Waals surface area contributed by atoms with Crippen LogP contribution in [0.1, 0.15) is 21.5 Å². The minimum atomic E-state index is -3.61. The van der Waals surface area contributed by atoms with Gasteiger partial charge in [-0.1, -0.05) is 17.4 Å². The van der Waals surface area contributed by atoms with E-state index in [1.54, 1.807) is 17.0 Å². The first-order valence-electron chi connectivity index (χ1n) is 11.2. The maximum absolute atomic E-state index is 13.5. The quantitative estimate of drug-likeness (QED) is 0.457. The standard InChI is InChI=1S/C24H30N4O4S2.ClH/c1-17-15-18(2)22-21(16-17)33-24(25-22)28(10-9-26(3)4)23(29)19-5-7-20(8-6-19)34(30,31)27-11-13-32-14-12-27;/h5-8,15-16H,9-14H2,1-4H3;1H. The third kappa shape index (κ3) is 6.02. The summed E-state index contributed by atoms with van der Waals surface area (Å²) < 4.78 is 33.6. The molecule has 0 radical (unpaired) electrons. The van der Waals surface area contributed by atoms with Gasteiger partial charge in [0.15, 0.2) is 5.13 Å². The summed E-state index contributed by atoms with van der Waals surface area (Å²) in [5, 5.41) is 0.639. The number of nitrogens with zero attached hydrogens (tertiary/aromatic N) is 4. The normalized spacial score (nSPS) is 14.8. The average molecular weight is 539 g/mol. The van der Waals surface area contributed by atoms with Gasteiger partial charge in [-0.05, 0) is 69.4 Å². The Morgan fingerprint density at radius 3 is 2.37 bits per heavy atom. The number of hydrogen-bond donors (Lipinski definition) is 0. The van der Waals surface area contributed by atoms with E-state index in [1.165, 1.54) is 27.8 Å². The molecule has 2 heterocycles. The van der Waals surface area contributed by atoms with Crippen LogP contribution in [0.25, 0.3) is 10.2 Å². The van der Waals surface area contributed by atoms with Crippen molar-refractivity contribution in [1.29, 1.82) is 0 Å². The molecular formula is C24H31ClN4O4S2. The Hall–Kier alpha value is -2.08. The van der Waals surface area contributed by atoms with Gasteiger partial charge >= 0.3 is 0 Å². The summed E-state index contributed by atoms with van der Waals surface area (Å²) in [6, 6.07) is 10.4. The third-order valence-electron chi connectivity index (χ3n) is 5.77. The van der Waals surface area contributed by atoms with Crippen LogP contribution in [0.2, 0.25) is 0 Å². The van der Waals surface area contributed by atoms with Gasteiger partial charge in [0.25, 0.3) is 5.91 Å². The monoisotopic (exact) mass is 538 g/mol. The van der Waals surface area contributed by atoms with E-state index in [0.29, 0.717) is 50.1 Å². The molecule has 1 aliphatic heterocycles. The first kappa shape index (κ1) is 27.5. The van der Waals surface area contributed by atoms with Crippen LogP contribution in [-0.4, -0.2) is 82.0 Å². The molecule has 1 aliphatic rings. The first-order chi connectivity index (χ1) is 16.2. The van der Waals surface area contributed by atoms with E-state index >= 15 is 0 Å². The number of likely N-dealkylation sites (N-methyl/N-ethyl adjacent to an activating group) is 1. The maximum atomic E-state index is 13.5. The number of halogens is 1. The zero-order chi connectivity index (χ0) is 24.5. The molecular weight excluding hydrogens is 508 g/mol. The number of thiazole rings is 1. The van der Waals surface area contributed by atoms with Crippen molar-refractivity contribution in [1.82, 2.24) is 14.2 Å². The Kier molecular flexibility index (Phi) is 8.90. The molecule has 0 unspecified atom stereocenters. The Labute approximate surface area is 217 Å². The molecule has 35 heavy (non-hydrogen) atoms. The number of anilines is 1. The van der Waals surface area contributed by atoms with E-state index in [0.717, 1.165) is 21.3 Å². The molecule has 2 aromatic carbocycles. The van der Waals surface area contributed by atoms with Gasteiger partial charge in [0.05, 0.1) is 28.3 Å². The minimum absolute atomic E-state index is 0. The minimum Gasteiger partial charge on any atom is -0.379 e. The third-order valence-corrected chi connectivity index (χ3v) is 8.71. The van der Waals surface area contributed by atoms with Crippen LogP contribution in [-0.2, 0) is 14.8 Å². The van der Waals surface area contributed by atoms with Crippen molar-refractivity contribution >= 4 is 55.0 Å². The Bertz CT molecular complexity index is 1290. The summed E-state index contributed by atoms with van der Waals surface area (Å²) in [7, 11) is 0.303. The summed E-state index contributed by atoms with van der Waals surface area (Å²) >= 11 is 1.50. The van der Waals surface area contributed by atoms with Gasteiger partial charge in [-0.25, -0.2) is 13.4 Å². The number of carbonyl (C=O) groups is 1. The molecule has 0 saturated carbocycles. The van der Waals surface area contributed by atoms with Crippen molar-refractivity contribution < 1.29 is 17.9 Å². The van der Waals surface area contributed by atoms with E-state index in [-0.39, 0.29) is 23.2 Å². The summed E-state index contributed by atoms with van der Waals surface area (Å²) in [6.45, 7) is 6.65. The Morgan fingerprint density at radius 2 is 1.74 bits per heavy atom. The lowest BCUT2D eigenvalue weighted by Gasteiger charge is -2.26. The van der Waals surface area contributed by atoms with Gasteiger partial charge in [0, 0.05) is 31.7 Å². The number of aromatic nitrogens is 1. The smallest absolute Gasteiger partial charge is 0.260 e. The zero-order valence-electron chi connectivity index (χ0n) is 20.4. The molecule has 3 aromatic rings. The van der Waals surface area contributed by atoms with Crippen LogP contribution in [0, 0.1) is 13.8 Å². The largest absolute Gasteiger partial charge is 0.379 e.